The third kappa shape index (κ3) is 1.23. The summed E-state index contributed by atoms with van der Waals surface area (Å²) in [6.45, 7) is 0. The van der Waals surface area contributed by atoms with Crippen molar-refractivity contribution in [2.45, 2.75) is 0 Å². The summed E-state index contributed by atoms with van der Waals surface area (Å²) in [4.78, 5) is 34.8. The summed E-state index contributed by atoms with van der Waals surface area (Å²) in [6.07, 6.45) is 1.44. The van der Waals surface area contributed by atoms with Gasteiger partial charge in [-0.15, -0.1) is 0 Å². The number of fused-ring (bicyclic) bond motifs is 1. The summed E-state index contributed by atoms with van der Waals surface area (Å²) >= 11 is 0. The molecule has 84 valence electrons. The van der Waals surface area contributed by atoms with Crippen molar-refractivity contribution in [3.63, 3.8) is 0 Å². The van der Waals surface area contributed by atoms with Crippen molar-refractivity contribution in [3.8, 4) is 0 Å². The summed E-state index contributed by atoms with van der Waals surface area (Å²) < 4.78 is 3.62. The summed E-state index contributed by atoms with van der Waals surface area (Å²) in [5.41, 5.74) is -0.730. The van der Waals surface area contributed by atoms with Crippen LogP contribution in [-0.2, 0) is 21.1 Å². The van der Waals surface area contributed by atoms with Gasteiger partial charge in [-0.1, -0.05) is 0 Å². The SMILES string of the molecule is Cn1cc2c(=O)n(C)c(=O)n(C)c2cc1=O. The number of hydrogen-bond donors (Lipinski definition) is 0. The van der Waals surface area contributed by atoms with Gasteiger partial charge >= 0.3 is 5.69 Å². The van der Waals surface area contributed by atoms with E-state index in [4.69, 9.17) is 0 Å². The van der Waals surface area contributed by atoms with E-state index < -0.39 is 11.2 Å². The molecule has 2 heterocycles. The number of pyridine rings is 1. The van der Waals surface area contributed by atoms with Crippen LogP contribution in [0.15, 0.2) is 26.6 Å². The standard InChI is InChI=1S/C10H11N3O3/c1-11-5-6-7(4-8(11)14)12(2)10(16)13(3)9(6)15/h4-5H,1-3H3. The maximum absolute atomic E-state index is 11.8. The Labute approximate surface area is 90.0 Å². The molecule has 2 aromatic heterocycles. The molecule has 2 aromatic rings. The third-order valence-corrected chi connectivity index (χ3v) is 2.68. The van der Waals surface area contributed by atoms with Gasteiger partial charge in [0.15, 0.2) is 0 Å². The average Bonchev–Trinajstić information content (AvgIpc) is 2.26. The van der Waals surface area contributed by atoms with Gasteiger partial charge in [0.2, 0.25) is 0 Å². The van der Waals surface area contributed by atoms with E-state index in [1.54, 1.807) is 7.05 Å². The number of rotatable bonds is 0. The molecular formula is C10H11N3O3. The molecule has 6 heteroatoms. The molecular weight excluding hydrogens is 210 g/mol. The van der Waals surface area contributed by atoms with Crippen LogP contribution in [0.5, 0.6) is 0 Å². The molecule has 0 atom stereocenters. The molecule has 0 radical (unpaired) electrons. The molecule has 2 rings (SSSR count). The van der Waals surface area contributed by atoms with Crippen LogP contribution in [0.25, 0.3) is 10.9 Å². The first-order valence-electron chi connectivity index (χ1n) is 4.70. The summed E-state index contributed by atoms with van der Waals surface area (Å²) in [6, 6.07) is 1.29. The highest BCUT2D eigenvalue weighted by molar-refractivity contribution is 5.76. The van der Waals surface area contributed by atoms with Gasteiger partial charge in [-0.05, 0) is 0 Å². The minimum atomic E-state index is -0.439. The van der Waals surface area contributed by atoms with E-state index in [1.165, 1.54) is 35.5 Å². The van der Waals surface area contributed by atoms with Crippen molar-refractivity contribution >= 4 is 10.9 Å². The highest BCUT2D eigenvalue weighted by Crippen LogP contribution is 2.01. The zero-order chi connectivity index (χ0) is 12.0. The van der Waals surface area contributed by atoms with Gasteiger partial charge in [0.1, 0.15) is 0 Å². The monoisotopic (exact) mass is 221 g/mol. The fourth-order valence-corrected chi connectivity index (χ4v) is 1.66. The first kappa shape index (κ1) is 10.4. The van der Waals surface area contributed by atoms with Gasteiger partial charge in [-0.2, -0.15) is 0 Å². The number of aromatic nitrogens is 3. The summed E-state index contributed by atoms with van der Waals surface area (Å²) in [7, 11) is 4.51. The Kier molecular flexibility index (Phi) is 2.08. The zero-order valence-electron chi connectivity index (χ0n) is 9.22. The predicted molar refractivity (Wildman–Crippen MR) is 59.7 cm³/mol. The lowest BCUT2D eigenvalue weighted by Crippen LogP contribution is -2.38. The number of aryl methyl sites for hydroxylation is 2. The summed E-state index contributed by atoms with van der Waals surface area (Å²) in [5.74, 6) is 0. The molecule has 0 bridgehead atoms. The maximum Gasteiger partial charge on any atom is 0.330 e. The molecule has 0 aromatic carbocycles. The number of hydrogen-bond acceptors (Lipinski definition) is 3. The average molecular weight is 221 g/mol. The normalized spacial score (nSPS) is 10.9. The van der Waals surface area contributed by atoms with Crippen LogP contribution in [0.3, 0.4) is 0 Å². The lowest BCUT2D eigenvalue weighted by atomic mass is 10.3. The molecule has 0 unspecified atom stereocenters. The zero-order valence-corrected chi connectivity index (χ0v) is 9.22. The van der Waals surface area contributed by atoms with Gasteiger partial charge in [0, 0.05) is 33.4 Å². The Morgan fingerprint density at radius 2 is 1.62 bits per heavy atom. The highest BCUT2D eigenvalue weighted by atomic mass is 16.2. The van der Waals surface area contributed by atoms with Crippen molar-refractivity contribution in [1.29, 1.82) is 0 Å². The fraction of sp³-hybridized carbons (Fsp3) is 0.300. The van der Waals surface area contributed by atoms with E-state index in [9.17, 15) is 14.4 Å². The Hall–Kier alpha value is -2.11. The van der Waals surface area contributed by atoms with Crippen molar-refractivity contribution in [3.05, 3.63) is 43.5 Å². The molecule has 16 heavy (non-hydrogen) atoms. The van der Waals surface area contributed by atoms with Crippen molar-refractivity contribution < 1.29 is 0 Å². The molecule has 0 fully saturated rings. The second-order valence-electron chi connectivity index (χ2n) is 3.73. The van der Waals surface area contributed by atoms with Gasteiger partial charge in [0.25, 0.3) is 11.1 Å². The lowest BCUT2D eigenvalue weighted by molar-refractivity contribution is 0.709. The van der Waals surface area contributed by atoms with Crippen LogP contribution < -0.4 is 16.8 Å². The molecule has 0 spiro atoms. The molecule has 0 aliphatic rings. The quantitative estimate of drug-likeness (QED) is 0.569. The Morgan fingerprint density at radius 1 is 1.00 bits per heavy atom. The second-order valence-corrected chi connectivity index (χ2v) is 3.73. The van der Waals surface area contributed by atoms with E-state index in [-0.39, 0.29) is 5.56 Å². The van der Waals surface area contributed by atoms with E-state index >= 15 is 0 Å². The van der Waals surface area contributed by atoms with E-state index in [0.717, 1.165) is 4.57 Å². The minimum Gasteiger partial charge on any atom is -0.318 e. The van der Waals surface area contributed by atoms with Crippen LogP contribution in [0.1, 0.15) is 0 Å². The van der Waals surface area contributed by atoms with Crippen LogP contribution in [-0.4, -0.2) is 13.7 Å². The van der Waals surface area contributed by atoms with E-state index in [0.29, 0.717) is 10.9 Å². The van der Waals surface area contributed by atoms with Crippen LogP contribution in [0.4, 0.5) is 0 Å². The molecule has 0 aliphatic heterocycles. The molecule has 0 aliphatic carbocycles. The largest absolute Gasteiger partial charge is 0.330 e. The first-order chi connectivity index (χ1) is 7.43. The van der Waals surface area contributed by atoms with Crippen molar-refractivity contribution in [1.82, 2.24) is 13.7 Å². The van der Waals surface area contributed by atoms with Gasteiger partial charge in [0.05, 0.1) is 10.9 Å². The van der Waals surface area contributed by atoms with Crippen molar-refractivity contribution in [2.24, 2.45) is 21.1 Å². The lowest BCUT2D eigenvalue weighted by Gasteiger charge is -2.07. The highest BCUT2D eigenvalue weighted by Gasteiger charge is 2.09. The molecule has 0 saturated carbocycles. The smallest absolute Gasteiger partial charge is 0.318 e. The third-order valence-electron chi connectivity index (χ3n) is 2.68. The molecule has 0 amide bonds. The Morgan fingerprint density at radius 3 is 2.25 bits per heavy atom. The first-order valence-corrected chi connectivity index (χ1v) is 4.70. The fourth-order valence-electron chi connectivity index (χ4n) is 1.66. The van der Waals surface area contributed by atoms with Crippen LogP contribution in [0, 0.1) is 0 Å². The molecule has 6 nitrogen and oxygen atoms in total. The number of nitrogens with zero attached hydrogens (tertiary/aromatic N) is 3. The topological polar surface area (TPSA) is 66.0 Å². The minimum absolute atomic E-state index is 0.254. The van der Waals surface area contributed by atoms with Crippen molar-refractivity contribution in [2.75, 3.05) is 0 Å². The van der Waals surface area contributed by atoms with Crippen LogP contribution in [0.2, 0.25) is 0 Å². The molecule has 0 N–H and O–H groups in total. The summed E-state index contributed by atoms with van der Waals surface area (Å²) in [5, 5.41) is 0.353. The second kappa shape index (κ2) is 3.19. The van der Waals surface area contributed by atoms with E-state index in [2.05, 4.69) is 0 Å². The maximum atomic E-state index is 11.8. The Bertz CT molecular complexity index is 749. The molecule has 0 saturated heterocycles. The van der Waals surface area contributed by atoms with Crippen LogP contribution >= 0.6 is 0 Å². The van der Waals surface area contributed by atoms with E-state index in [1.807, 2.05) is 0 Å². The van der Waals surface area contributed by atoms with Gasteiger partial charge < -0.3 is 4.57 Å². The Balaban J connectivity index is 3.22. The predicted octanol–water partition coefficient (Wildman–Crippen LogP) is -1.06. The van der Waals surface area contributed by atoms with Gasteiger partial charge in [-0.3, -0.25) is 18.7 Å². The van der Waals surface area contributed by atoms with Gasteiger partial charge in [-0.25, -0.2) is 4.79 Å².